The fourth-order valence-electron chi connectivity index (χ4n) is 2.02. The highest BCUT2D eigenvalue weighted by molar-refractivity contribution is 5.92. The van der Waals surface area contributed by atoms with Gasteiger partial charge in [-0.2, -0.15) is 0 Å². The molecule has 1 fully saturated rings. The van der Waals surface area contributed by atoms with Gasteiger partial charge in [0.2, 0.25) is 5.91 Å². The van der Waals surface area contributed by atoms with E-state index < -0.39 is 0 Å². The minimum Gasteiger partial charge on any atom is -0.383 e. The molecule has 7 nitrogen and oxygen atoms in total. The fourth-order valence-corrected chi connectivity index (χ4v) is 2.02. The van der Waals surface area contributed by atoms with Crippen LogP contribution in [0.3, 0.4) is 0 Å². The third-order valence-corrected chi connectivity index (χ3v) is 3.14. The summed E-state index contributed by atoms with van der Waals surface area (Å²) in [6.45, 7) is 4.65. The summed E-state index contributed by atoms with van der Waals surface area (Å²) in [6.07, 6.45) is 1.68. The Morgan fingerprint density at radius 1 is 1.35 bits per heavy atom. The second-order valence-corrected chi connectivity index (χ2v) is 4.72. The van der Waals surface area contributed by atoms with Crippen molar-refractivity contribution in [1.82, 2.24) is 10.3 Å². The molecule has 0 spiro atoms. The van der Waals surface area contributed by atoms with E-state index in [4.69, 9.17) is 9.47 Å². The molecule has 1 aromatic rings. The minimum atomic E-state index is -0.0907. The van der Waals surface area contributed by atoms with Gasteiger partial charge in [0.05, 0.1) is 38.2 Å². The maximum absolute atomic E-state index is 11.7. The Balaban J connectivity index is 0.00000242. The molecule has 132 valence electrons. The monoisotopic (exact) mass is 366 g/mol. The van der Waals surface area contributed by atoms with Gasteiger partial charge in [-0.3, -0.25) is 4.79 Å². The van der Waals surface area contributed by atoms with Crippen molar-refractivity contribution in [3.8, 4) is 0 Å². The summed E-state index contributed by atoms with van der Waals surface area (Å²) in [7, 11) is 1.63. The summed E-state index contributed by atoms with van der Waals surface area (Å²) in [5.74, 6) is 0.821. The molecule has 2 rings (SSSR count). The topological polar surface area (TPSA) is 75.7 Å². The molecule has 1 aliphatic heterocycles. The van der Waals surface area contributed by atoms with Crippen LogP contribution in [0.25, 0.3) is 0 Å². The minimum absolute atomic E-state index is 0. The Kier molecular flexibility index (Phi) is 11.7. The first-order valence-corrected chi connectivity index (χ1v) is 7.08. The molecule has 9 heteroatoms. The number of methoxy groups -OCH3 is 1. The standard InChI is InChI=1S/C14H22N4O3.2ClH/c1-20-7-4-15-11-14(19)17-12-2-3-13(16-10-12)18-5-8-21-9-6-18;;/h2-3,10,15H,4-9,11H2,1H3,(H,17,19);2*1H. The molecular formula is C14H24Cl2N4O3. The molecule has 23 heavy (non-hydrogen) atoms. The van der Waals surface area contributed by atoms with Crippen molar-refractivity contribution in [2.45, 2.75) is 0 Å². The van der Waals surface area contributed by atoms with Crippen LogP contribution in [0.2, 0.25) is 0 Å². The van der Waals surface area contributed by atoms with E-state index in [2.05, 4.69) is 20.5 Å². The molecule has 0 atom stereocenters. The molecule has 2 heterocycles. The number of rotatable bonds is 7. The summed E-state index contributed by atoms with van der Waals surface area (Å²) in [4.78, 5) is 18.2. The van der Waals surface area contributed by atoms with Crippen LogP contribution in [0.15, 0.2) is 18.3 Å². The molecule has 0 aliphatic carbocycles. The number of halogens is 2. The van der Waals surface area contributed by atoms with Crippen molar-refractivity contribution in [2.24, 2.45) is 0 Å². The number of nitrogens with zero attached hydrogens (tertiary/aromatic N) is 2. The Morgan fingerprint density at radius 3 is 2.70 bits per heavy atom. The van der Waals surface area contributed by atoms with Crippen molar-refractivity contribution < 1.29 is 14.3 Å². The van der Waals surface area contributed by atoms with Gasteiger partial charge in [-0.05, 0) is 12.1 Å². The number of hydrogen-bond acceptors (Lipinski definition) is 6. The zero-order chi connectivity index (χ0) is 14.9. The largest absolute Gasteiger partial charge is 0.383 e. The number of amides is 1. The number of hydrogen-bond donors (Lipinski definition) is 2. The van der Waals surface area contributed by atoms with Crippen LogP contribution >= 0.6 is 24.8 Å². The smallest absolute Gasteiger partial charge is 0.238 e. The summed E-state index contributed by atoms with van der Waals surface area (Å²) in [5, 5.41) is 5.79. The molecule has 1 amide bonds. The summed E-state index contributed by atoms with van der Waals surface area (Å²) < 4.78 is 10.2. The van der Waals surface area contributed by atoms with Gasteiger partial charge >= 0.3 is 0 Å². The van der Waals surface area contributed by atoms with Gasteiger partial charge in [-0.25, -0.2) is 4.98 Å². The number of anilines is 2. The van der Waals surface area contributed by atoms with Gasteiger partial charge < -0.3 is 25.0 Å². The van der Waals surface area contributed by atoms with E-state index in [1.54, 1.807) is 13.3 Å². The Labute approximate surface area is 148 Å². The van der Waals surface area contributed by atoms with E-state index in [9.17, 15) is 4.79 Å². The molecular weight excluding hydrogens is 343 g/mol. The van der Waals surface area contributed by atoms with E-state index in [-0.39, 0.29) is 37.3 Å². The van der Waals surface area contributed by atoms with Crippen molar-refractivity contribution in [3.63, 3.8) is 0 Å². The number of ether oxygens (including phenoxy) is 2. The first-order valence-electron chi connectivity index (χ1n) is 7.08. The summed E-state index contributed by atoms with van der Waals surface area (Å²) >= 11 is 0. The van der Waals surface area contributed by atoms with Crippen LogP contribution in [0.1, 0.15) is 0 Å². The highest BCUT2D eigenvalue weighted by Crippen LogP contribution is 2.15. The van der Waals surface area contributed by atoms with Crippen molar-refractivity contribution in [3.05, 3.63) is 18.3 Å². The molecule has 1 saturated heterocycles. The lowest BCUT2D eigenvalue weighted by Gasteiger charge is -2.27. The number of morpholine rings is 1. The van der Waals surface area contributed by atoms with Gasteiger partial charge in [0.25, 0.3) is 0 Å². The molecule has 0 radical (unpaired) electrons. The Morgan fingerprint density at radius 2 is 2.09 bits per heavy atom. The molecule has 1 aliphatic rings. The molecule has 1 aromatic heterocycles. The van der Waals surface area contributed by atoms with Gasteiger partial charge in [-0.15, -0.1) is 24.8 Å². The molecule has 0 bridgehead atoms. The van der Waals surface area contributed by atoms with Gasteiger partial charge in [0.15, 0.2) is 0 Å². The Bertz CT molecular complexity index is 442. The van der Waals surface area contributed by atoms with E-state index in [0.29, 0.717) is 18.8 Å². The average Bonchev–Trinajstić information content (AvgIpc) is 2.53. The first-order chi connectivity index (χ1) is 10.3. The van der Waals surface area contributed by atoms with Crippen LogP contribution in [-0.2, 0) is 14.3 Å². The molecule has 0 unspecified atom stereocenters. The molecule has 0 saturated carbocycles. The van der Waals surface area contributed by atoms with Crippen molar-refractivity contribution >= 4 is 42.2 Å². The summed E-state index contributed by atoms with van der Waals surface area (Å²) in [6, 6.07) is 3.78. The van der Waals surface area contributed by atoms with E-state index in [1.807, 2.05) is 12.1 Å². The van der Waals surface area contributed by atoms with Crippen molar-refractivity contribution in [2.75, 3.05) is 63.3 Å². The fraction of sp³-hybridized carbons (Fsp3) is 0.571. The lowest BCUT2D eigenvalue weighted by molar-refractivity contribution is -0.115. The van der Waals surface area contributed by atoms with E-state index >= 15 is 0 Å². The lowest BCUT2D eigenvalue weighted by atomic mass is 10.3. The predicted molar refractivity (Wildman–Crippen MR) is 95.1 cm³/mol. The zero-order valence-corrected chi connectivity index (χ0v) is 14.8. The third-order valence-electron chi connectivity index (χ3n) is 3.14. The first kappa shape index (κ1) is 21.9. The van der Waals surface area contributed by atoms with Crippen LogP contribution in [0.4, 0.5) is 11.5 Å². The quantitative estimate of drug-likeness (QED) is 0.699. The number of aromatic nitrogens is 1. The number of pyridine rings is 1. The Hall–Kier alpha value is -1.12. The van der Waals surface area contributed by atoms with Gasteiger partial charge in [0.1, 0.15) is 5.82 Å². The average molecular weight is 367 g/mol. The normalized spacial score (nSPS) is 13.7. The highest BCUT2D eigenvalue weighted by atomic mass is 35.5. The van der Waals surface area contributed by atoms with E-state index in [0.717, 1.165) is 32.1 Å². The van der Waals surface area contributed by atoms with Crippen LogP contribution in [0.5, 0.6) is 0 Å². The van der Waals surface area contributed by atoms with Crippen LogP contribution in [-0.4, -0.2) is 64.0 Å². The van der Waals surface area contributed by atoms with Crippen LogP contribution in [0, 0.1) is 0 Å². The van der Waals surface area contributed by atoms with Gasteiger partial charge in [0, 0.05) is 26.7 Å². The van der Waals surface area contributed by atoms with Crippen LogP contribution < -0.4 is 15.5 Å². The zero-order valence-electron chi connectivity index (χ0n) is 13.1. The maximum atomic E-state index is 11.7. The maximum Gasteiger partial charge on any atom is 0.238 e. The third kappa shape index (κ3) is 7.81. The highest BCUT2D eigenvalue weighted by Gasteiger charge is 2.12. The molecule has 2 N–H and O–H groups in total. The number of nitrogens with one attached hydrogen (secondary N) is 2. The predicted octanol–water partition coefficient (Wildman–Crippen LogP) is 0.936. The lowest BCUT2D eigenvalue weighted by Crippen LogP contribution is -2.36. The van der Waals surface area contributed by atoms with Crippen molar-refractivity contribution in [1.29, 1.82) is 0 Å². The SMILES string of the molecule is COCCNCC(=O)Nc1ccc(N2CCOCC2)nc1.Cl.Cl. The second-order valence-electron chi connectivity index (χ2n) is 4.72. The summed E-state index contributed by atoms with van der Waals surface area (Å²) in [5.41, 5.74) is 0.700. The number of carbonyl (C=O) groups excluding carboxylic acids is 1. The molecule has 0 aromatic carbocycles. The second kappa shape index (κ2) is 12.3. The number of carbonyl (C=O) groups is 1. The van der Waals surface area contributed by atoms with Gasteiger partial charge in [-0.1, -0.05) is 0 Å². The van der Waals surface area contributed by atoms with E-state index in [1.165, 1.54) is 0 Å².